The van der Waals surface area contributed by atoms with Crippen LogP contribution in [0.15, 0.2) is 54.6 Å². The maximum absolute atomic E-state index is 12.3. The minimum absolute atomic E-state index is 0.0972. The standard InChI is InChI=1S/C21H25N3O3/c22-19(14-16-4-2-1-3-5-16)21(26)23-18-8-6-17(7-9-18)15-20(25)24-10-12-27-13-11-24/h1-9,19H,10-15,22H2,(H,23,26). The van der Waals surface area contributed by atoms with Gasteiger partial charge in [0.05, 0.1) is 25.7 Å². The van der Waals surface area contributed by atoms with Gasteiger partial charge in [-0.1, -0.05) is 42.5 Å². The van der Waals surface area contributed by atoms with Crippen LogP contribution in [0.2, 0.25) is 0 Å². The van der Waals surface area contributed by atoms with Crippen molar-refractivity contribution < 1.29 is 14.3 Å². The summed E-state index contributed by atoms with van der Waals surface area (Å²) in [7, 11) is 0. The number of nitrogens with zero attached hydrogens (tertiary/aromatic N) is 1. The Morgan fingerprint density at radius 1 is 1.00 bits per heavy atom. The first-order valence-corrected chi connectivity index (χ1v) is 9.16. The molecule has 1 aliphatic rings. The second-order valence-corrected chi connectivity index (χ2v) is 6.65. The molecule has 142 valence electrons. The minimum Gasteiger partial charge on any atom is -0.378 e. The van der Waals surface area contributed by atoms with Crippen molar-refractivity contribution in [1.29, 1.82) is 0 Å². The summed E-state index contributed by atoms with van der Waals surface area (Å²) in [5.74, 6) is -0.129. The van der Waals surface area contributed by atoms with Crippen LogP contribution in [0.25, 0.3) is 0 Å². The molecule has 3 rings (SSSR count). The number of rotatable bonds is 6. The molecule has 0 bridgehead atoms. The highest BCUT2D eigenvalue weighted by Gasteiger charge is 2.17. The monoisotopic (exact) mass is 367 g/mol. The highest BCUT2D eigenvalue weighted by molar-refractivity contribution is 5.94. The van der Waals surface area contributed by atoms with Gasteiger partial charge in [-0.3, -0.25) is 9.59 Å². The first-order valence-electron chi connectivity index (χ1n) is 9.16. The molecule has 6 nitrogen and oxygen atoms in total. The van der Waals surface area contributed by atoms with Crippen molar-refractivity contribution in [2.45, 2.75) is 18.9 Å². The van der Waals surface area contributed by atoms with E-state index in [-0.39, 0.29) is 11.8 Å². The summed E-state index contributed by atoms with van der Waals surface area (Å²) in [5.41, 5.74) is 8.62. The van der Waals surface area contributed by atoms with Crippen molar-refractivity contribution in [1.82, 2.24) is 4.90 Å². The van der Waals surface area contributed by atoms with Gasteiger partial charge in [-0.2, -0.15) is 0 Å². The molecular weight excluding hydrogens is 342 g/mol. The highest BCUT2D eigenvalue weighted by atomic mass is 16.5. The number of hydrogen-bond donors (Lipinski definition) is 2. The zero-order valence-corrected chi connectivity index (χ0v) is 15.3. The lowest BCUT2D eigenvalue weighted by atomic mass is 10.1. The Labute approximate surface area is 159 Å². The lowest BCUT2D eigenvalue weighted by Gasteiger charge is -2.26. The number of nitrogens with one attached hydrogen (secondary N) is 1. The molecule has 0 saturated carbocycles. The van der Waals surface area contributed by atoms with Gasteiger partial charge in [-0.15, -0.1) is 0 Å². The first-order chi connectivity index (χ1) is 13.1. The molecule has 27 heavy (non-hydrogen) atoms. The number of carbonyl (C=O) groups is 2. The summed E-state index contributed by atoms with van der Waals surface area (Å²) >= 11 is 0. The van der Waals surface area contributed by atoms with Crippen molar-refractivity contribution in [3.63, 3.8) is 0 Å². The molecule has 1 unspecified atom stereocenters. The smallest absolute Gasteiger partial charge is 0.241 e. The number of carbonyl (C=O) groups excluding carboxylic acids is 2. The molecule has 2 aromatic carbocycles. The third kappa shape index (κ3) is 5.64. The zero-order valence-electron chi connectivity index (χ0n) is 15.3. The van der Waals surface area contributed by atoms with Crippen LogP contribution in [0.5, 0.6) is 0 Å². The van der Waals surface area contributed by atoms with E-state index in [1.807, 2.05) is 47.4 Å². The molecule has 3 N–H and O–H groups in total. The highest BCUT2D eigenvalue weighted by Crippen LogP contribution is 2.12. The Morgan fingerprint density at radius 2 is 1.67 bits per heavy atom. The van der Waals surface area contributed by atoms with Gasteiger partial charge in [0.15, 0.2) is 0 Å². The van der Waals surface area contributed by atoms with E-state index in [2.05, 4.69) is 5.32 Å². The van der Waals surface area contributed by atoms with E-state index < -0.39 is 6.04 Å². The van der Waals surface area contributed by atoms with Gasteiger partial charge in [0.1, 0.15) is 0 Å². The first kappa shape index (κ1) is 19.1. The van der Waals surface area contributed by atoms with Gasteiger partial charge in [-0.25, -0.2) is 0 Å². The summed E-state index contributed by atoms with van der Waals surface area (Å²) in [5, 5.41) is 2.83. The molecular formula is C21H25N3O3. The number of benzene rings is 2. The van der Waals surface area contributed by atoms with E-state index in [4.69, 9.17) is 10.5 Å². The van der Waals surface area contributed by atoms with E-state index in [1.54, 1.807) is 12.1 Å². The van der Waals surface area contributed by atoms with E-state index in [1.165, 1.54) is 0 Å². The maximum Gasteiger partial charge on any atom is 0.241 e. The van der Waals surface area contributed by atoms with Crippen molar-refractivity contribution in [3.8, 4) is 0 Å². The SMILES string of the molecule is NC(Cc1ccccc1)C(=O)Nc1ccc(CC(=O)N2CCOCC2)cc1. The van der Waals surface area contributed by atoms with Gasteiger partial charge in [0, 0.05) is 18.8 Å². The normalized spacial score (nSPS) is 15.2. The summed E-state index contributed by atoms with van der Waals surface area (Å²) in [6.45, 7) is 2.48. The number of amides is 2. The van der Waals surface area contributed by atoms with E-state index in [0.29, 0.717) is 44.8 Å². The number of nitrogens with two attached hydrogens (primary N) is 1. The lowest BCUT2D eigenvalue weighted by molar-refractivity contribution is -0.134. The maximum atomic E-state index is 12.3. The predicted molar refractivity (Wildman–Crippen MR) is 104 cm³/mol. The van der Waals surface area contributed by atoms with Crippen LogP contribution in [0.4, 0.5) is 5.69 Å². The fourth-order valence-electron chi connectivity index (χ4n) is 3.00. The summed E-state index contributed by atoms with van der Waals surface area (Å²) < 4.78 is 5.27. The quantitative estimate of drug-likeness (QED) is 0.812. The fraction of sp³-hybridized carbons (Fsp3) is 0.333. The van der Waals surface area contributed by atoms with Crippen LogP contribution in [0.3, 0.4) is 0 Å². The van der Waals surface area contributed by atoms with Crippen LogP contribution in [-0.4, -0.2) is 49.1 Å². The Balaban J connectivity index is 1.50. The van der Waals surface area contributed by atoms with Gasteiger partial charge in [0.25, 0.3) is 0 Å². The molecule has 0 aromatic heterocycles. The zero-order chi connectivity index (χ0) is 19.1. The molecule has 0 aliphatic carbocycles. The molecule has 2 amide bonds. The van der Waals surface area contributed by atoms with Crippen LogP contribution < -0.4 is 11.1 Å². The number of hydrogen-bond acceptors (Lipinski definition) is 4. The third-order valence-corrected chi connectivity index (χ3v) is 4.58. The van der Waals surface area contributed by atoms with E-state index in [9.17, 15) is 9.59 Å². The second-order valence-electron chi connectivity index (χ2n) is 6.65. The number of anilines is 1. The summed E-state index contributed by atoms with van der Waals surface area (Å²) in [4.78, 5) is 26.4. The van der Waals surface area contributed by atoms with E-state index in [0.717, 1.165) is 11.1 Å². The summed E-state index contributed by atoms with van der Waals surface area (Å²) in [6, 6.07) is 16.4. The van der Waals surface area contributed by atoms with Gasteiger partial charge < -0.3 is 20.7 Å². The Bertz CT molecular complexity index is 756. The van der Waals surface area contributed by atoms with E-state index >= 15 is 0 Å². The van der Waals surface area contributed by atoms with Crippen molar-refractivity contribution >= 4 is 17.5 Å². The molecule has 1 atom stereocenters. The molecule has 0 spiro atoms. The average molecular weight is 367 g/mol. The third-order valence-electron chi connectivity index (χ3n) is 4.58. The molecule has 1 fully saturated rings. The van der Waals surface area contributed by atoms with Gasteiger partial charge >= 0.3 is 0 Å². The molecule has 0 radical (unpaired) electrons. The van der Waals surface area contributed by atoms with Crippen molar-refractivity contribution in [2.24, 2.45) is 5.73 Å². The van der Waals surface area contributed by atoms with Crippen LogP contribution in [0, 0.1) is 0 Å². The molecule has 1 saturated heterocycles. The second kappa shape index (κ2) is 9.30. The molecule has 2 aromatic rings. The number of ether oxygens (including phenoxy) is 1. The molecule has 6 heteroatoms. The van der Waals surface area contributed by atoms with Crippen LogP contribution in [0.1, 0.15) is 11.1 Å². The predicted octanol–water partition coefficient (Wildman–Crippen LogP) is 1.60. The Morgan fingerprint density at radius 3 is 2.33 bits per heavy atom. The Kier molecular flexibility index (Phi) is 6.57. The lowest BCUT2D eigenvalue weighted by Crippen LogP contribution is -2.41. The van der Waals surface area contributed by atoms with Gasteiger partial charge in [0.2, 0.25) is 11.8 Å². The number of morpholine rings is 1. The largest absolute Gasteiger partial charge is 0.378 e. The molecule has 1 aliphatic heterocycles. The summed E-state index contributed by atoms with van der Waals surface area (Å²) in [6.07, 6.45) is 0.834. The Hall–Kier alpha value is -2.70. The average Bonchev–Trinajstić information content (AvgIpc) is 2.71. The molecule has 1 heterocycles. The van der Waals surface area contributed by atoms with Crippen molar-refractivity contribution in [2.75, 3.05) is 31.6 Å². The fourth-order valence-corrected chi connectivity index (χ4v) is 3.00. The van der Waals surface area contributed by atoms with Crippen molar-refractivity contribution in [3.05, 3.63) is 65.7 Å². The topological polar surface area (TPSA) is 84.7 Å². The van der Waals surface area contributed by atoms with Crippen LogP contribution >= 0.6 is 0 Å². The van der Waals surface area contributed by atoms with Gasteiger partial charge in [-0.05, 0) is 29.7 Å². The minimum atomic E-state index is -0.616. The van der Waals surface area contributed by atoms with Crippen LogP contribution in [-0.2, 0) is 27.2 Å².